The second-order valence-corrected chi connectivity index (χ2v) is 10.6. The smallest absolute Gasteiger partial charge is 0.290 e. The topological polar surface area (TPSA) is 113 Å². The molecule has 2 aliphatic heterocycles. The third kappa shape index (κ3) is 5.67. The number of aromatic nitrogens is 4. The summed E-state index contributed by atoms with van der Waals surface area (Å²) in [5.74, 6) is 0.821. The van der Waals surface area contributed by atoms with E-state index in [2.05, 4.69) is 54.8 Å². The molecular weight excluding hydrogens is 510 g/mol. The number of thioether (sulfide) groups is 1. The van der Waals surface area contributed by atoms with Gasteiger partial charge in [-0.15, -0.1) is 0 Å². The van der Waals surface area contributed by atoms with Crippen LogP contribution in [-0.4, -0.2) is 50.7 Å². The molecule has 0 radical (unpaired) electrons. The first kappa shape index (κ1) is 25.1. The second-order valence-electron chi connectivity index (χ2n) is 9.61. The Bertz CT molecular complexity index is 1560. The molecule has 9 nitrogen and oxygen atoms in total. The van der Waals surface area contributed by atoms with E-state index in [0.717, 1.165) is 72.8 Å². The molecule has 1 aromatic carbocycles. The molecule has 0 spiro atoms. The van der Waals surface area contributed by atoms with Gasteiger partial charge in [-0.3, -0.25) is 24.9 Å². The van der Waals surface area contributed by atoms with Crippen LogP contribution in [0.1, 0.15) is 24.1 Å². The minimum Gasteiger partial charge on any atom is -0.341 e. The molecule has 0 unspecified atom stereocenters. The van der Waals surface area contributed by atoms with E-state index in [4.69, 9.17) is 4.98 Å². The van der Waals surface area contributed by atoms with E-state index in [0.29, 0.717) is 22.5 Å². The molecule has 10 heteroatoms. The number of amides is 2. The van der Waals surface area contributed by atoms with E-state index >= 15 is 0 Å². The van der Waals surface area contributed by atoms with Crippen molar-refractivity contribution < 1.29 is 9.59 Å². The third-order valence-corrected chi connectivity index (χ3v) is 7.87. The largest absolute Gasteiger partial charge is 0.341 e. The summed E-state index contributed by atoms with van der Waals surface area (Å²) >= 11 is 0.890. The van der Waals surface area contributed by atoms with Gasteiger partial charge in [0.2, 0.25) is 5.95 Å². The number of carbonyl (C=O) groups excluding carboxylic acids is 2. The summed E-state index contributed by atoms with van der Waals surface area (Å²) in [4.78, 5) is 43.8. The van der Waals surface area contributed by atoms with Gasteiger partial charge in [0, 0.05) is 55.4 Å². The van der Waals surface area contributed by atoms with Crippen LogP contribution in [0.3, 0.4) is 0 Å². The molecule has 2 N–H and O–H groups in total. The number of nitrogens with one attached hydrogen (secondary N) is 2. The lowest BCUT2D eigenvalue weighted by molar-refractivity contribution is -0.115. The molecule has 4 aromatic rings. The van der Waals surface area contributed by atoms with Gasteiger partial charge in [0.1, 0.15) is 0 Å². The SMILES string of the molecule is O=C1NC(=O)/C(=C\c2ccnc(N3CCC(CNCc4cccnc4-c4cccc5cnccc45)CC3)n2)S1. The van der Waals surface area contributed by atoms with E-state index in [1.165, 1.54) is 5.56 Å². The van der Waals surface area contributed by atoms with Gasteiger partial charge in [0.25, 0.3) is 11.1 Å². The van der Waals surface area contributed by atoms with Crippen molar-refractivity contribution in [2.24, 2.45) is 5.92 Å². The molecule has 6 rings (SSSR count). The number of anilines is 1. The van der Waals surface area contributed by atoms with Gasteiger partial charge < -0.3 is 10.2 Å². The summed E-state index contributed by atoms with van der Waals surface area (Å²) in [6.07, 6.45) is 11.0. The summed E-state index contributed by atoms with van der Waals surface area (Å²) in [5, 5.41) is 7.83. The van der Waals surface area contributed by atoms with Crippen LogP contribution < -0.4 is 15.5 Å². The molecule has 0 aliphatic carbocycles. The number of benzene rings is 1. The van der Waals surface area contributed by atoms with Crippen LogP contribution in [0.2, 0.25) is 0 Å². The Morgan fingerprint density at radius 1 is 1.03 bits per heavy atom. The molecule has 3 aromatic heterocycles. The highest BCUT2D eigenvalue weighted by Crippen LogP contribution is 2.29. The first-order valence-electron chi connectivity index (χ1n) is 12.9. The van der Waals surface area contributed by atoms with Gasteiger partial charge in [-0.1, -0.05) is 24.3 Å². The molecule has 2 amide bonds. The fraction of sp³-hybridized carbons (Fsp3) is 0.241. The molecule has 39 heavy (non-hydrogen) atoms. The normalized spacial score (nSPS) is 17.2. The molecule has 2 aliphatic rings. The molecule has 2 fully saturated rings. The zero-order valence-corrected chi connectivity index (χ0v) is 22.0. The van der Waals surface area contributed by atoms with Gasteiger partial charge in [-0.2, -0.15) is 0 Å². The summed E-state index contributed by atoms with van der Waals surface area (Å²) in [6, 6.07) is 14.2. The van der Waals surface area contributed by atoms with E-state index in [1.807, 2.05) is 30.7 Å². The Balaban J connectivity index is 1.05. The quantitative estimate of drug-likeness (QED) is 0.331. The summed E-state index contributed by atoms with van der Waals surface area (Å²) in [6.45, 7) is 3.40. The Hall–Kier alpha value is -4.15. The maximum atomic E-state index is 11.8. The van der Waals surface area contributed by atoms with Crippen molar-refractivity contribution in [1.29, 1.82) is 0 Å². The molecule has 0 bridgehead atoms. The maximum absolute atomic E-state index is 11.8. The zero-order valence-electron chi connectivity index (χ0n) is 21.2. The second kappa shape index (κ2) is 11.3. The summed E-state index contributed by atoms with van der Waals surface area (Å²) < 4.78 is 0. The van der Waals surface area contributed by atoms with Gasteiger partial charge >= 0.3 is 0 Å². The van der Waals surface area contributed by atoms with Crippen LogP contribution in [-0.2, 0) is 11.3 Å². The average molecular weight is 538 g/mol. The maximum Gasteiger partial charge on any atom is 0.290 e. The molecule has 196 valence electrons. The fourth-order valence-electron chi connectivity index (χ4n) is 5.05. The van der Waals surface area contributed by atoms with Gasteiger partial charge in [-0.05, 0) is 72.3 Å². The van der Waals surface area contributed by atoms with Crippen LogP contribution >= 0.6 is 11.8 Å². The average Bonchev–Trinajstić information content (AvgIpc) is 3.29. The Morgan fingerprint density at radius 3 is 2.77 bits per heavy atom. The predicted molar refractivity (Wildman–Crippen MR) is 153 cm³/mol. The third-order valence-electron chi connectivity index (χ3n) is 7.06. The minimum absolute atomic E-state index is 0.351. The Labute approximate surface area is 230 Å². The van der Waals surface area contributed by atoms with E-state index in [-0.39, 0.29) is 11.1 Å². The number of imide groups is 1. The lowest BCUT2D eigenvalue weighted by Crippen LogP contribution is -2.38. The van der Waals surface area contributed by atoms with E-state index < -0.39 is 0 Å². The Kier molecular flexibility index (Phi) is 7.29. The molecule has 0 atom stereocenters. The van der Waals surface area contributed by atoms with Crippen molar-refractivity contribution in [3.8, 4) is 11.3 Å². The Morgan fingerprint density at radius 2 is 1.92 bits per heavy atom. The number of nitrogens with zero attached hydrogens (tertiary/aromatic N) is 5. The summed E-state index contributed by atoms with van der Waals surface area (Å²) in [7, 11) is 0. The van der Waals surface area contributed by atoms with Gasteiger partial charge in [0.05, 0.1) is 16.3 Å². The predicted octanol–water partition coefficient (Wildman–Crippen LogP) is 4.42. The van der Waals surface area contributed by atoms with Crippen molar-refractivity contribution in [3.05, 3.63) is 83.4 Å². The molecule has 2 saturated heterocycles. The van der Waals surface area contributed by atoms with Crippen molar-refractivity contribution in [2.45, 2.75) is 19.4 Å². The highest BCUT2D eigenvalue weighted by molar-refractivity contribution is 8.18. The number of rotatable bonds is 7. The summed E-state index contributed by atoms with van der Waals surface area (Å²) in [5.41, 5.74) is 3.92. The highest BCUT2D eigenvalue weighted by Gasteiger charge is 2.26. The monoisotopic (exact) mass is 537 g/mol. The number of pyridine rings is 2. The number of piperidine rings is 1. The van der Waals surface area contributed by atoms with Crippen LogP contribution in [0.5, 0.6) is 0 Å². The van der Waals surface area contributed by atoms with Crippen LogP contribution in [0.15, 0.2) is 72.2 Å². The first-order valence-corrected chi connectivity index (χ1v) is 13.8. The van der Waals surface area contributed by atoms with Crippen molar-refractivity contribution in [1.82, 2.24) is 30.6 Å². The molecule has 5 heterocycles. The van der Waals surface area contributed by atoms with Crippen molar-refractivity contribution >= 4 is 45.7 Å². The number of hydrogen-bond donors (Lipinski definition) is 2. The fourth-order valence-corrected chi connectivity index (χ4v) is 5.72. The van der Waals surface area contributed by atoms with Crippen LogP contribution in [0.25, 0.3) is 28.1 Å². The minimum atomic E-state index is -0.383. The lowest BCUT2D eigenvalue weighted by Gasteiger charge is -2.32. The van der Waals surface area contributed by atoms with Crippen molar-refractivity contribution in [2.75, 3.05) is 24.5 Å². The van der Waals surface area contributed by atoms with Gasteiger partial charge in [0.15, 0.2) is 0 Å². The number of fused-ring (bicyclic) bond motifs is 1. The zero-order chi connectivity index (χ0) is 26.6. The first-order chi connectivity index (χ1) is 19.1. The number of hydrogen-bond acceptors (Lipinski definition) is 9. The van der Waals surface area contributed by atoms with E-state index in [9.17, 15) is 9.59 Å². The lowest BCUT2D eigenvalue weighted by atomic mass is 9.96. The molecular formula is C29H27N7O2S. The van der Waals surface area contributed by atoms with Crippen LogP contribution in [0.4, 0.5) is 10.7 Å². The number of carbonyl (C=O) groups is 2. The molecule has 0 saturated carbocycles. The van der Waals surface area contributed by atoms with Crippen molar-refractivity contribution in [3.63, 3.8) is 0 Å². The van der Waals surface area contributed by atoms with Crippen LogP contribution in [0, 0.1) is 5.92 Å². The van der Waals surface area contributed by atoms with Gasteiger partial charge in [-0.25, -0.2) is 9.97 Å². The van der Waals surface area contributed by atoms with E-state index in [1.54, 1.807) is 18.3 Å². The highest BCUT2D eigenvalue weighted by atomic mass is 32.2. The standard InChI is InChI=1S/C29H27N7O2S/c37-27-25(39-29(38)35-27)15-22-6-12-33-28(34-22)36-13-8-19(9-14-36)16-31-18-21-4-2-10-32-26(21)24-5-1-3-20-17-30-11-7-23(20)24/h1-7,10-12,15,17,19,31H,8-9,13-14,16,18H2,(H,35,37,38)/b25-15+.